The van der Waals surface area contributed by atoms with E-state index in [1.54, 1.807) is 18.4 Å². The van der Waals surface area contributed by atoms with Crippen molar-refractivity contribution in [2.75, 3.05) is 45.2 Å². The fraction of sp³-hybridized carbons (Fsp3) is 0.474. The van der Waals surface area contributed by atoms with Crippen LogP contribution in [0.4, 0.5) is 5.69 Å². The predicted molar refractivity (Wildman–Crippen MR) is 109 cm³/mol. The van der Waals surface area contributed by atoms with Gasteiger partial charge < -0.3 is 19.9 Å². The van der Waals surface area contributed by atoms with Crippen LogP contribution in [0.5, 0.6) is 5.75 Å². The summed E-state index contributed by atoms with van der Waals surface area (Å²) in [4.78, 5) is 15.0. The highest BCUT2D eigenvalue weighted by Crippen LogP contribution is 2.20. The summed E-state index contributed by atoms with van der Waals surface area (Å²) in [5, 5.41) is 4.56. The zero-order valence-electron chi connectivity index (χ0n) is 16.0. The quantitative estimate of drug-likeness (QED) is 0.660. The Kier molecular flexibility index (Phi) is 5.98. The number of aryl methyl sites for hydroxylation is 2. The molecule has 1 fully saturated rings. The lowest BCUT2D eigenvalue weighted by atomic mass is 10.2. The van der Waals surface area contributed by atoms with E-state index in [0.29, 0.717) is 0 Å². The molecule has 3 rings (SSSR count). The highest BCUT2D eigenvalue weighted by molar-refractivity contribution is 7.11. The Hall–Kier alpha value is -2.28. The molecule has 0 atom stereocenters. The van der Waals surface area contributed by atoms with Gasteiger partial charge in [-0.05, 0) is 38.1 Å². The van der Waals surface area contributed by atoms with E-state index in [1.807, 2.05) is 19.2 Å². The lowest BCUT2D eigenvalue weighted by Gasteiger charge is -2.37. The smallest absolute Gasteiger partial charge is 0.194 e. The third-order valence-corrected chi connectivity index (χ3v) is 5.77. The minimum absolute atomic E-state index is 0.727. The summed E-state index contributed by atoms with van der Waals surface area (Å²) in [6, 6.07) is 8.27. The van der Waals surface area contributed by atoms with Crippen molar-refractivity contribution >= 4 is 23.0 Å². The first-order valence-electron chi connectivity index (χ1n) is 8.88. The molecule has 1 saturated heterocycles. The van der Waals surface area contributed by atoms with Crippen LogP contribution in [0.25, 0.3) is 0 Å². The summed E-state index contributed by atoms with van der Waals surface area (Å²) in [6.07, 6.45) is 0. The number of anilines is 1. The fourth-order valence-corrected chi connectivity index (χ4v) is 3.94. The van der Waals surface area contributed by atoms with Gasteiger partial charge in [0.15, 0.2) is 5.96 Å². The molecule has 2 heterocycles. The van der Waals surface area contributed by atoms with Crippen molar-refractivity contribution < 1.29 is 4.74 Å². The van der Waals surface area contributed by atoms with Gasteiger partial charge in [0, 0.05) is 43.8 Å². The summed E-state index contributed by atoms with van der Waals surface area (Å²) < 4.78 is 5.24. The number of methoxy groups -OCH3 is 1. The standard InChI is InChI=1S/C19H27N5OS/c1-14-15(2)26-18(22-14)13-21-19(20-3)24-11-9-23(10-12-24)16-5-7-17(25-4)8-6-16/h5-8H,9-13H2,1-4H3,(H,20,21). The Morgan fingerprint density at radius 3 is 2.42 bits per heavy atom. The molecule has 7 heteroatoms. The Morgan fingerprint density at radius 1 is 1.19 bits per heavy atom. The molecular formula is C19H27N5OS. The van der Waals surface area contributed by atoms with Gasteiger partial charge in [-0.2, -0.15) is 0 Å². The average molecular weight is 374 g/mol. The van der Waals surface area contributed by atoms with Gasteiger partial charge in [0.05, 0.1) is 19.3 Å². The second-order valence-corrected chi connectivity index (χ2v) is 7.61. The van der Waals surface area contributed by atoms with E-state index >= 15 is 0 Å². The summed E-state index contributed by atoms with van der Waals surface area (Å²) >= 11 is 1.75. The molecule has 1 N–H and O–H groups in total. The molecule has 1 aromatic carbocycles. The van der Waals surface area contributed by atoms with Gasteiger partial charge in [0.25, 0.3) is 0 Å². The number of piperazine rings is 1. The third-order valence-electron chi connectivity index (χ3n) is 4.70. The monoisotopic (exact) mass is 373 g/mol. The normalized spacial score (nSPS) is 15.3. The molecule has 26 heavy (non-hydrogen) atoms. The van der Waals surface area contributed by atoms with Crippen LogP contribution in [-0.2, 0) is 6.54 Å². The molecule has 0 spiro atoms. The minimum Gasteiger partial charge on any atom is -0.497 e. The summed E-state index contributed by atoms with van der Waals surface area (Å²) in [6.45, 7) is 8.74. The number of ether oxygens (including phenoxy) is 1. The van der Waals surface area contributed by atoms with E-state index in [9.17, 15) is 0 Å². The van der Waals surface area contributed by atoms with E-state index < -0.39 is 0 Å². The molecule has 0 unspecified atom stereocenters. The maximum atomic E-state index is 5.24. The van der Waals surface area contributed by atoms with Gasteiger partial charge in [-0.3, -0.25) is 4.99 Å². The van der Waals surface area contributed by atoms with Crippen LogP contribution in [-0.4, -0.2) is 56.2 Å². The van der Waals surface area contributed by atoms with Crippen LogP contribution < -0.4 is 15.0 Å². The first kappa shape index (κ1) is 18.5. The van der Waals surface area contributed by atoms with Crippen LogP contribution in [0.15, 0.2) is 29.3 Å². The number of rotatable bonds is 4. The van der Waals surface area contributed by atoms with E-state index in [0.717, 1.165) is 55.1 Å². The number of aliphatic imine (C=N–C) groups is 1. The second kappa shape index (κ2) is 8.40. The minimum atomic E-state index is 0.727. The molecule has 0 aliphatic carbocycles. The van der Waals surface area contributed by atoms with Gasteiger partial charge in [0.1, 0.15) is 10.8 Å². The summed E-state index contributed by atoms with van der Waals surface area (Å²) in [7, 11) is 3.54. The largest absolute Gasteiger partial charge is 0.497 e. The van der Waals surface area contributed by atoms with E-state index in [1.165, 1.54) is 10.6 Å². The van der Waals surface area contributed by atoms with Crippen LogP contribution in [0.2, 0.25) is 0 Å². The van der Waals surface area contributed by atoms with Crippen LogP contribution in [0, 0.1) is 13.8 Å². The Bertz CT molecular complexity index is 728. The summed E-state index contributed by atoms with van der Waals surface area (Å²) in [5.74, 6) is 1.84. The summed E-state index contributed by atoms with van der Waals surface area (Å²) in [5.41, 5.74) is 2.36. The first-order valence-corrected chi connectivity index (χ1v) is 9.70. The molecule has 1 aliphatic heterocycles. The zero-order chi connectivity index (χ0) is 18.5. The molecule has 6 nitrogen and oxygen atoms in total. The maximum Gasteiger partial charge on any atom is 0.194 e. The van der Waals surface area contributed by atoms with Crippen molar-refractivity contribution in [1.29, 1.82) is 0 Å². The molecule has 0 bridgehead atoms. The van der Waals surface area contributed by atoms with Crippen molar-refractivity contribution in [3.63, 3.8) is 0 Å². The van der Waals surface area contributed by atoms with E-state index in [-0.39, 0.29) is 0 Å². The second-order valence-electron chi connectivity index (χ2n) is 6.32. The molecule has 0 amide bonds. The number of aromatic nitrogens is 1. The van der Waals surface area contributed by atoms with Gasteiger partial charge in [-0.25, -0.2) is 4.98 Å². The number of guanidine groups is 1. The molecule has 2 aromatic rings. The van der Waals surface area contributed by atoms with Crippen molar-refractivity contribution in [3.8, 4) is 5.75 Å². The van der Waals surface area contributed by atoms with Gasteiger partial charge in [0.2, 0.25) is 0 Å². The Morgan fingerprint density at radius 2 is 1.88 bits per heavy atom. The van der Waals surface area contributed by atoms with Crippen LogP contribution >= 0.6 is 11.3 Å². The topological polar surface area (TPSA) is 53.0 Å². The van der Waals surface area contributed by atoms with E-state index in [4.69, 9.17) is 4.74 Å². The molecule has 0 saturated carbocycles. The zero-order valence-corrected chi connectivity index (χ0v) is 16.8. The fourth-order valence-electron chi connectivity index (χ4n) is 3.07. The van der Waals surface area contributed by atoms with Gasteiger partial charge >= 0.3 is 0 Å². The number of nitrogens with zero attached hydrogens (tertiary/aromatic N) is 4. The Balaban J connectivity index is 1.53. The lowest BCUT2D eigenvalue weighted by molar-refractivity contribution is 0.372. The molecule has 140 valence electrons. The third kappa shape index (κ3) is 4.27. The average Bonchev–Trinajstić information content (AvgIpc) is 3.00. The SMILES string of the molecule is CN=C(NCc1nc(C)c(C)s1)N1CCN(c2ccc(OC)cc2)CC1. The Labute approximate surface area is 159 Å². The predicted octanol–water partition coefficient (Wildman–Crippen LogP) is 2.67. The van der Waals surface area contributed by atoms with Crippen molar-refractivity contribution in [2.24, 2.45) is 4.99 Å². The number of hydrogen-bond donors (Lipinski definition) is 1. The number of nitrogens with one attached hydrogen (secondary N) is 1. The highest BCUT2D eigenvalue weighted by Gasteiger charge is 2.20. The van der Waals surface area contributed by atoms with E-state index in [2.05, 4.69) is 51.1 Å². The highest BCUT2D eigenvalue weighted by atomic mass is 32.1. The van der Waals surface area contributed by atoms with Crippen LogP contribution in [0.1, 0.15) is 15.6 Å². The number of thiazole rings is 1. The number of benzene rings is 1. The van der Waals surface area contributed by atoms with Crippen molar-refractivity contribution in [2.45, 2.75) is 20.4 Å². The molecule has 1 aromatic heterocycles. The van der Waals surface area contributed by atoms with Crippen LogP contribution in [0.3, 0.4) is 0 Å². The molecular weight excluding hydrogens is 346 g/mol. The van der Waals surface area contributed by atoms with Crippen molar-refractivity contribution in [1.82, 2.24) is 15.2 Å². The maximum absolute atomic E-state index is 5.24. The first-order chi connectivity index (χ1) is 12.6. The van der Waals surface area contributed by atoms with Gasteiger partial charge in [-0.15, -0.1) is 11.3 Å². The number of hydrogen-bond acceptors (Lipinski definition) is 5. The van der Waals surface area contributed by atoms with Gasteiger partial charge in [-0.1, -0.05) is 0 Å². The lowest BCUT2D eigenvalue weighted by Crippen LogP contribution is -2.52. The molecule has 0 radical (unpaired) electrons. The van der Waals surface area contributed by atoms with Crippen molar-refractivity contribution in [3.05, 3.63) is 39.8 Å². The molecule has 1 aliphatic rings.